The maximum Gasteiger partial charge on any atom is 0.236 e. The Labute approximate surface area is 154 Å². The van der Waals surface area contributed by atoms with Crippen LogP contribution in [0.3, 0.4) is 0 Å². The minimum absolute atomic E-state index is 0.0928. The quantitative estimate of drug-likeness (QED) is 0.867. The van der Waals surface area contributed by atoms with Crippen molar-refractivity contribution in [2.75, 3.05) is 19.0 Å². The van der Waals surface area contributed by atoms with E-state index in [0.717, 1.165) is 33.8 Å². The lowest BCUT2D eigenvalue weighted by atomic mass is 9.85. The van der Waals surface area contributed by atoms with E-state index in [1.54, 1.807) is 25.2 Å². The highest BCUT2D eigenvalue weighted by atomic mass is 16.2. The first-order valence-corrected chi connectivity index (χ1v) is 8.55. The van der Waals surface area contributed by atoms with Gasteiger partial charge < -0.3 is 10.6 Å². The molecule has 0 unspecified atom stereocenters. The second-order valence-electron chi connectivity index (χ2n) is 7.12. The van der Waals surface area contributed by atoms with Crippen LogP contribution in [-0.2, 0) is 10.2 Å². The molecule has 0 bridgehead atoms. The molecule has 1 amide bonds. The van der Waals surface area contributed by atoms with Gasteiger partial charge in [0.2, 0.25) is 5.91 Å². The van der Waals surface area contributed by atoms with Crippen molar-refractivity contribution in [3.63, 3.8) is 0 Å². The lowest BCUT2D eigenvalue weighted by Gasteiger charge is -2.16. The van der Waals surface area contributed by atoms with E-state index < -0.39 is 5.41 Å². The molecule has 5 nitrogen and oxygen atoms in total. The average Bonchev–Trinajstić information content (AvgIpc) is 2.79. The van der Waals surface area contributed by atoms with Crippen molar-refractivity contribution in [1.82, 2.24) is 4.98 Å². The SMILES string of the molecule is CN=C(C=C(N)c1ccc2c(c1)N(C)C(=O)C2(C)C)c1ccnc(C)c1. The first kappa shape index (κ1) is 17.9. The van der Waals surface area contributed by atoms with Gasteiger partial charge in [0.25, 0.3) is 0 Å². The number of aliphatic imine (C=N–C) groups is 1. The van der Waals surface area contributed by atoms with Crippen LogP contribution in [0, 0.1) is 6.92 Å². The summed E-state index contributed by atoms with van der Waals surface area (Å²) < 4.78 is 0. The summed E-state index contributed by atoms with van der Waals surface area (Å²) in [5.74, 6) is 0.0928. The number of nitrogens with two attached hydrogens (primary N) is 1. The van der Waals surface area contributed by atoms with E-state index in [1.165, 1.54) is 0 Å². The molecule has 2 aromatic rings. The minimum Gasteiger partial charge on any atom is -0.398 e. The molecule has 26 heavy (non-hydrogen) atoms. The number of hydrogen-bond donors (Lipinski definition) is 1. The predicted molar refractivity (Wildman–Crippen MR) is 106 cm³/mol. The fourth-order valence-corrected chi connectivity index (χ4v) is 3.37. The Balaban J connectivity index is 2.00. The summed E-state index contributed by atoms with van der Waals surface area (Å²) in [6.07, 6.45) is 3.62. The van der Waals surface area contributed by atoms with Gasteiger partial charge in [0.05, 0.1) is 11.1 Å². The van der Waals surface area contributed by atoms with Crippen molar-refractivity contribution in [3.05, 3.63) is 65.0 Å². The van der Waals surface area contributed by atoms with Crippen LogP contribution in [0.4, 0.5) is 5.69 Å². The van der Waals surface area contributed by atoms with Gasteiger partial charge in [-0.3, -0.25) is 14.8 Å². The number of aromatic nitrogens is 1. The predicted octanol–water partition coefficient (Wildman–Crippen LogP) is 3.06. The van der Waals surface area contributed by atoms with E-state index >= 15 is 0 Å². The molecule has 0 saturated heterocycles. The maximum atomic E-state index is 12.5. The summed E-state index contributed by atoms with van der Waals surface area (Å²) in [5.41, 5.74) is 11.9. The Morgan fingerprint density at radius 2 is 1.96 bits per heavy atom. The van der Waals surface area contributed by atoms with E-state index in [2.05, 4.69) is 9.98 Å². The highest BCUT2D eigenvalue weighted by molar-refractivity contribution is 6.12. The van der Waals surface area contributed by atoms with Gasteiger partial charge in [-0.2, -0.15) is 0 Å². The Bertz CT molecular complexity index is 941. The normalized spacial score (nSPS) is 16.8. The van der Waals surface area contributed by atoms with Gasteiger partial charge in [-0.1, -0.05) is 12.1 Å². The number of rotatable bonds is 3. The third-order valence-corrected chi connectivity index (χ3v) is 4.93. The summed E-state index contributed by atoms with van der Waals surface area (Å²) >= 11 is 0. The summed E-state index contributed by atoms with van der Waals surface area (Å²) in [6, 6.07) is 9.81. The Kier molecular flexibility index (Phi) is 4.40. The van der Waals surface area contributed by atoms with E-state index in [4.69, 9.17) is 5.73 Å². The number of amides is 1. The van der Waals surface area contributed by atoms with E-state index in [9.17, 15) is 4.79 Å². The van der Waals surface area contributed by atoms with Crippen LogP contribution in [0.25, 0.3) is 5.70 Å². The highest BCUT2D eigenvalue weighted by Crippen LogP contribution is 2.41. The number of benzene rings is 1. The molecule has 1 aliphatic rings. The smallest absolute Gasteiger partial charge is 0.236 e. The molecule has 0 saturated carbocycles. The van der Waals surface area contributed by atoms with Gasteiger partial charge in [-0.15, -0.1) is 0 Å². The van der Waals surface area contributed by atoms with Crippen LogP contribution >= 0.6 is 0 Å². The van der Waals surface area contributed by atoms with Crippen LogP contribution in [-0.4, -0.2) is 30.7 Å². The summed E-state index contributed by atoms with van der Waals surface area (Å²) in [6.45, 7) is 5.84. The molecular weight excluding hydrogens is 324 g/mol. The second-order valence-corrected chi connectivity index (χ2v) is 7.12. The number of aryl methyl sites for hydroxylation is 1. The molecule has 2 N–H and O–H groups in total. The molecule has 0 atom stereocenters. The van der Waals surface area contributed by atoms with E-state index in [0.29, 0.717) is 5.70 Å². The number of pyridine rings is 1. The van der Waals surface area contributed by atoms with Crippen molar-refractivity contribution in [2.24, 2.45) is 10.7 Å². The number of likely N-dealkylation sites (N-methyl/N-ethyl adjacent to an activating group) is 1. The largest absolute Gasteiger partial charge is 0.398 e. The molecule has 0 fully saturated rings. The maximum absolute atomic E-state index is 12.5. The highest BCUT2D eigenvalue weighted by Gasteiger charge is 2.42. The van der Waals surface area contributed by atoms with Crippen LogP contribution < -0.4 is 10.6 Å². The van der Waals surface area contributed by atoms with Gasteiger partial charge >= 0.3 is 0 Å². The third kappa shape index (κ3) is 2.90. The summed E-state index contributed by atoms with van der Waals surface area (Å²) in [4.78, 5) is 22.7. The van der Waals surface area contributed by atoms with Gasteiger partial charge in [0, 0.05) is 42.9 Å². The molecule has 0 radical (unpaired) electrons. The van der Waals surface area contributed by atoms with E-state index in [1.807, 2.05) is 57.2 Å². The summed E-state index contributed by atoms with van der Waals surface area (Å²) in [7, 11) is 3.55. The Hall–Kier alpha value is -2.95. The molecule has 3 rings (SSSR count). The fourth-order valence-electron chi connectivity index (χ4n) is 3.37. The lowest BCUT2D eigenvalue weighted by Crippen LogP contribution is -2.33. The molecule has 1 aromatic carbocycles. The average molecular weight is 348 g/mol. The molecule has 0 aliphatic carbocycles. The Morgan fingerprint density at radius 3 is 2.62 bits per heavy atom. The number of fused-ring (bicyclic) bond motifs is 1. The molecular formula is C21H24N4O. The third-order valence-electron chi connectivity index (χ3n) is 4.93. The van der Waals surface area contributed by atoms with Gasteiger partial charge in [0.1, 0.15) is 0 Å². The van der Waals surface area contributed by atoms with Gasteiger partial charge in [-0.05, 0) is 56.2 Å². The zero-order valence-electron chi connectivity index (χ0n) is 15.9. The van der Waals surface area contributed by atoms with Crippen molar-refractivity contribution < 1.29 is 4.79 Å². The zero-order valence-corrected chi connectivity index (χ0v) is 15.9. The molecule has 0 spiro atoms. The van der Waals surface area contributed by atoms with Crippen molar-refractivity contribution in [1.29, 1.82) is 0 Å². The molecule has 1 aromatic heterocycles. The minimum atomic E-state index is -0.508. The first-order chi connectivity index (χ1) is 12.3. The number of anilines is 1. The number of allylic oxidation sites excluding steroid dienone is 1. The zero-order chi connectivity index (χ0) is 19.1. The van der Waals surface area contributed by atoms with Crippen molar-refractivity contribution in [2.45, 2.75) is 26.2 Å². The Morgan fingerprint density at radius 1 is 1.23 bits per heavy atom. The van der Waals surface area contributed by atoms with Crippen LogP contribution in [0.5, 0.6) is 0 Å². The van der Waals surface area contributed by atoms with Crippen LogP contribution in [0.2, 0.25) is 0 Å². The topological polar surface area (TPSA) is 71.6 Å². The monoisotopic (exact) mass is 348 g/mol. The second kappa shape index (κ2) is 6.41. The van der Waals surface area contributed by atoms with Gasteiger partial charge in [-0.25, -0.2) is 0 Å². The number of hydrogen-bond acceptors (Lipinski definition) is 4. The number of nitrogens with zero attached hydrogens (tertiary/aromatic N) is 3. The fraction of sp³-hybridized carbons (Fsp3) is 0.286. The molecule has 134 valence electrons. The van der Waals surface area contributed by atoms with Crippen LogP contribution in [0.1, 0.15) is 36.2 Å². The molecule has 2 heterocycles. The number of carbonyl (C=O) groups excluding carboxylic acids is 1. The van der Waals surface area contributed by atoms with Gasteiger partial charge in [0.15, 0.2) is 0 Å². The van der Waals surface area contributed by atoms with Crippen molar-refractivity contribution in [3.8, 4) is 0 Å². The van der Waals surface area contributed by atoms with Crippen molar-refractivity contribution >= 4 is 23.0 Å². The molecule has 5 heteroatoms. The van der Waals surface area contributed by atoms with Crippen LogP contribution in [0.15, 0.2) is 47.6 Å². The first-order valence-electron chi connectivity index (χ1n) is 8.55. The molecule has 1 aliphatic heterocycles. The summed E-state index contributed by atoms with van der Waals surface area (Å²) in [5, 5.41) is 0. The lowest BCUT2D eigenvalue weighted by molar-refractivity contribution is -0.121. The van der Waals surface area contributed by atoms with E-state index in [-0.39, 0.29) is 5.91 Å². The number of carbonyl (C=O) groups is 1. The standard InChI is InChI=1S/C21H24N4O/c1-13-10-15(8-9-24-13)18(23-4)12-17(22)14-6-7-16-19(11-14)25(5)20(26)21(16,2)3/h6-12H,22H2,1-5H3.